The van der Waals surface area contributed by atoms with Crippen LogP contribution in [0, 0.1) is 0 Å². The molecule has 0 radical (unpaired) electrons. The number of aromatic nitrogens is 1. The Balaban J connectivity index is 3.08. The Hall–Kier alpha value is -1.22. The molecular weight excluding hydrogens is 176 g/mol. The first kappa shape index (κ1) is 10.9. The Labute approximate surface area is 84.3 Å². The van der Waals surface area contributed by atoms with Crippen molar-refractivity contribution in [2.45, 2.75) is 26.2 Å². The lowest BCUT2D eigenvalue weighted by Crippen LogP contribution is -2.17. The van der Waals surface area contributed by atoms with Crippen LogP contribution in [0.2, 0.25) is 0 Å². The quantitative estimate of drug-likeness (QED) is 0.723. The third-order valence-corrected chi connectivity index (χ3v) is 2.10. The first-order chi connectivity index (χ1) is 6.45. The largest absolute Gasteiger partial charge is 0.324 e. The Morgan fingerprint density at radius 2 is 2.14 bits per heavy atom. The molecule has 0 aromatic carbocycles. The van der Waals surface area contributed by atoms with E-state index in [1.54, 1.807) is 6.20 Å². The highest BCUT2D eigenvalue weighted by Crippen LogP contribution is 2.21. The van der Waals surface area contributed by atoms with Gasteiger partial charge in [0, 0.05) is 6.20 Å². The number of Topliss-reactive ketones (excluding diaryl/α,β-unsaturated/α-hetero) is 1. The molecule has 0 atom stereocenters. The summed E-state index contributed by atoms with van der Waals surface area (Å²) in [6, 6.07) is 3.74. The van der Waals surface area contributed by atoms with E-state index in [1.807, 2.05) is 12.1 Å². The van der Waals surface area contributed by atoms with Crippen molar-refractivity contribution in [1.29, 1.82) is 0 Å². The maximum atomic E-state index is 11.3. The van der Waals surface area contributed by atoms with Crippen LogP contribution in [0.25, 0.3) is 0 Å². The van der Waals surface area contributed by atoms with Crippen LogP contribution in [-0.4, -0.2) is 17.3 Å². The van der Waals surface area contributed by atoms with Gasteiger partial charge in [0.2, 0.25) is 0 Å². The van der Waals surface area contributed by atoms with Gasteiger partial charge in [0.1, 0.15) is 5.69 Å². The fourth-order valence-electron chi connectivity index (χ4n) is 1.15. The van der Waals surface area contributed by atoms with Crippen LogP contribution in [0.1, 0.15) is 36.8 Å². The number of ketones is 1. The standard InChI is InChI=1S/C11H16N2O/c1-11(2,3)8-4-5-13-9(6-8)10(14)7-12/h4-6H,7,12H2,1-3H3. The fourth-order valence-corrected chi connectivity index (χ4v) is 1.15. The number of carbonyl (C=O) groups is 1. The van der Waals surface area contributed by atoms with Gasteiger partial charge in [-0.2, -0.15) is 0 Å². The third-order valence-electron chi connectivity index (χ3n) is 2.10. The lowest BCUT2D eigenvalue weighted by atomic mass is 9.87. The van der Waals surface area contributed by atoms with Crippen molar-refractivity contribution in [1.82, 2.24) is 4.98 Å². The molecule has 0 spiro atoms. The number of pyridine rings is 1. The highest BCUT2D eigenvalue weighted by Gasteiger charge is 2.15. The molecule has 0 unspecified atom stereocenters. The minimum atomic E-state index is -0.115. The van der Waals surface area contributed by atoms with Gasteiger partial charge >= 0.3 is 0 Å². The van der Waals surface area contributed by atoms with Gasteiger partial charge in [-0.25, -0.2) is 0 Å². The molecule has 0 saturated carbocycles. The molecule has 76 valence electrons. The van der Waals surface area contributed by atoms with E-state index in [0.29, 0.717) is 5.69 Å². The summed E-state index contributed by atoms with van der Waals surface area (Å²) in [7, 11) is 0. The average Bonchev–Trinajstić information content (AvgIpc) is 2.15. The van der Waals surface area contributed by atoms with E-state index in [0.717, 1.165) is 5.56 Å². The van der Waals surface area contributed by atoms with Crippen LogP contribution in [-0.2, 0) is 5.41 Å². The second-order valence-corrected chi connectivity index (χ2v) is 4.31. The van der Waals surface area contributed by atoms with Gasteiger partial charge in [-0.1, -0.05) is 20.8 Å². The predicted molar refractivity (Wildman–Crippen MR) is 56.3 cm³/mol. The number of nitrogens with two attached hydrogens (primary N) is 1. The van der Waals surface area contributed by atoms with Gasteiger partial charge in [-0.3, -0.25) is 9.78 Å². The molecule has 0 aliphatic heterocycles. The van der Waals surface area contributed by atoms with Crippen LogP contribution >= 0.6 is 0 Å². The summed E-state index contributed by atoms with van der Waals surface area (Å²) in [5.41, 5.74) is 6.87. The Bertz CT molecular complexity index is 339. The molecule has 0 aliphatic rings. The SMILES string of the molecule is CC(C)(C)c1ccnc(C(=O)CN)c1. The number of hydrogen-bond donors (Lipinski definition) is 1. The topological polar surface area (TPSA) is 56.0 Å². The van der Waals surface area contributed by atoms with Gasteiger partial charge < -0.3 is 5.73 Å². The number of rotatable bonds is 2. The van der Waals surface area contributed by atoms with E-state index < -0.39 is 0 Å². The van der Waals surface area contributed by atoms with Crippen LogP contribution in [0.4, 0.5) is 0 Å². The van der Waals surface area contributed by atoms with E-state index in [-0.39, 0.29) is 17.7 Å². The molecule has 1 aromatic rings. The molecule has 3 heteroatoms. The smallest absolute Gasteiger partial charge is 0.194 e. The maximum Gasteiger partial charge on any atom is 0.194 e. The lowest BCUT2D eigenvalue weighted by molar-refractivity contribution is 0.0996. The van der Waals surface area contributed by atoms with Gasteiger partial charge in [0.05, 0.1) is 6.54 Å². The molecule has 1 heterocycles. The number of hydrogen-bond acceptors (Lipinski definition) is 3. The van der Waals surface area contributed by atoms with Crippen molar-refractivity contribution in [2.75, 3.05) is 6.54 Å². The Morgan fingerprint density at radius 1 is 1.50 bits per heavy atom. The fraction of sp³-hybridized carbons (Fsp3) is 0.455. The molecule has 14 heavy (non-hydrogen) atoms. The molecule has 0 amide bonds. The van der Waals surface area contributed by atoms with E-state index in [4.69, 9.17) is 5.73 Å². The van der Waals surface area contributed by atoms with Crippen LogP contribution in [0.3, 0.4) is 0 Å². The third kappa shape index (κ3) is 2.39. The molecule has 0 fully saturated rings. The normalized spacial score (nSPS) is 11.4. The zero-order valence-corrected chi connectivity index (χ0v) is 8.87. The van der Waals surface area contributed by atoms with Gasteiger partial charge in [-0.05, 0) is 23.1 Å². The second kappa shape index (κ2) is 3.88. The second-order valence-electron chi connectivity index (χ2n) is 4.31. The molecule has 0 bridgehead atoms. The molecule has 1 aromatic heterocycles. The van der Waals surface area contributed by atoms with Crippen LogP contribution in [0.5, 0.6) is 0 Å². The summed E-state index contributed by atoms with van der Waals surface area (Å²) in [5, 5.41) is 0. The van der Waals surface area contributed by atoms with Crippen LogP contribution < -0.4 is 5.73 Å². The maximum absolute atomic E-state index is 11.3. The predicted octanol–water partition coefficient (Wildman–Crippen LogP) is 1.52. The summed E-state index contributed by atoms with van der Waals surface area (Å²) in [6.45, 7) is 6.30. The monoisotopic (exact) mass is 192 g/mol. The lowest BCUT2D eigenvalue weighted by Gasteiger charge is -2.18. The number of nitrogens with zero attached hydrogens (tertiary/aromatic N) is 1. The molecule has 3 nitrogen and oxygen atoms in total. The summed E-state index contributed by atoms with van der Waals surface area (Å²) in [5.74, 6) is -0.115. The van der Waals surface area contributed by atoms with E-state index >= 15 is 0 Å². The van der Waals surface area contributed by atoms with E-state index in [9.17, 15) is 4.79 Å². The minimum Gasteiger partial charge on any atom is -0.324 e. The van der Waals surface area contributed by atoms with Gasteiger partial charge in [0.15, 0.2) is 5.78 Å². The first-order valence-corrected chi connectivity index (χ1v) is 4.65. The van der Waals surface area contributed by atoms with Crippen molar-refractivity contribution in [3.8, 4) is 0 Å². The highest BCUT2D eigenvalue weighted by atomic mass is 16.1. The molecule has 2 N–H and O–H groups in total. The number of carbonyl (C=O) groups excluding carboxylic acids is 1. The van der Waals surface area contributed by atoms with E-state index in [2.05, 4.69) is 25.8 Å². The summed E-state index contributed by atoms with van der Waals surface area (Å²) in [4.78, 5) is 15.3. The Kier molecular flexibility index (Phi) is 3.01. The summed E-state index contributed by atoms with van der Waals surface area (Å²) in [6.07, 6.45) is 1.66. The first-order valence-electron chi connectivity index (χ1n) is 4.65. The average molecular weight is 192 g/mol. The highest BCUT2D eigenvalue weighted by molar-refractivity contribution is 5.95. The summed E-state index contributed by atoms with van der Waals surface area (Å²) < 4.78 is 0. The van der Waals surface area contributed by atoms with Crippen molar-refractivity contribution < 1.29 is 4.79 Å². The zero-order valence-electron chi connectivity index (χ0n) is 8.87. The van der Waals surface area contributed by atoms with Gasteiger partial charge in [-0.15, -0.1) is 0 Å². The van der Waals surface area contributed by atoms with Crippen LogP contribution in [0.15, 0.2) is 18.3 Å². The van der Waals surface area contributed by atoms with Crippen molar-refractivity contribution in [2.24, 2.45) is 5.73 Å². The minimum absolute atomic E-state index is 0.0145. The van der Waals surface area contributed by atoms with Crippen molar-refractivity contribution in [3.63, 3.8) is 0 Å². The summed E-state index contributed by atoms with van der Waals surface area (Å²) >= 11 is 0. The zero-order chi connectivity index (χ0) is 10.8. The van der Waals surface area contributed by atoms with Gasteiger partial charge in [0.25, 0.3) is 0 Å². The molecule has 0 saturated heterocycles. The molecule has 1 rings (SSSR count). The van der Waals surface area contributed by atoms with E-state index in [1.165, 1.54) is 0 Å². The Morgan fingerprint density at radius 3 is 2.64 bits per heavy atom. The molecule has 0 aliphatic carbocycles. The van der Waals surface area contributed by atoms with Crippen molar-refractivity contribution >= 4 is 5.78 Å². The van der Waals surface area contributed by atoms with Crippen molar-refractivity contribution in [3.05, 3.63) is 29.6 Å². The molecular formula is C11H16N2O.